The van der Waals surface area contributed by atoms with Crippen molar-refractivity contribution >= 4 is 15.9 Å². The second kappa shape index (κ2) is 7.38. The van der Waals surface area contributed by atoms with Gasteiger partial charge in [-0.3, -0.25) is 14.6 Å². The Morgan fingerprint density at radius 3 is 2.56 bits per heavy atom. The van der Waals surface area contributed by atoms with Gasteiger partial charge in [0.1, 0.15) is 11.7 Å². The highest BCUT2D eigenvalue weighted by molar-refractivity contribution is 7.90. The van der Waals surface area contributed by atoms with Crippen molar-refractivity contribution in [2.45, 2.75) is 10.9 Å². The van der Waals surface area contributed by atoms with Crippen LogP contribution in [0.4, 0.5) is 4.39 Å². The van der Waals surface area contributed by atoms with Crippen molar-refractivity contribution in [1.82, 2.24) is 9.62 Å². The Hall–Kier alpha value is -2.29. The average Bonchev–Trinajstić information content (AvgIpc) is 2.95. The average molecular weight is 389 g/mol. The molecule has 1 fully saturated rings. The summed E-state index contributed by atoms with van der Waals surface area (Å²) in [6.45, 7) is 3.11. The zero-order valence-electron chi connectivity index (χ0n) is 14.6. The molecule has 0 aromatic heterocycles. The smallest absolute Gasteiger partial charge is 0.263 e. The summed E-state index contributed by atoms with van der Waals surface area (Å²) < 4.78 is 45.8. The molecule has 0 unspecified atom stereocenters. The van der Waals surface area contributed by atoms with E-state index in [0.29, 0.717) is 31.2 Å². The first-order valence-electron chi connectivity index (χ1n) is 8.78. The molecule has 142 valence electrons. The summed E-state index contributed by atoms with van der Waals surface area (Å²) >= 11 is 0. The molecule has 0 amide bonds. The number of fused-ring (bicyclic) bond motifs is 1. The third-order valence-electron chi connectivity index (χ3n) is 4.83. The molecule has 1 saturated heterocycles. The van der Waals surface area contributed by atoms with Gasteiger partial charge in [-0.15, -0.1) is 0 Å². The number of nitrogens with one attached hydrogen (secondary N) is 1. The van der Waals surface area contributed by atoms with Gasteiger partial charge in [0, 0.05) is 18.7 Å². The number of amidine groups is 1. The summed E-state index contributed by atoms with van der Waals surface area (Å²) in [5, 5.41) is 0. The number of hydrogen-bond acceptors (Lipinski definition) is 5. The lowest BCUT2D eigenvalue weighted by molar-refractivity contribution is 0.0180. The van der Waals surface area contributed by atoms with Gasteiger partial charge in [0.05, 0.1) is 30.7 Å². The minimum Gasteiger partial charge on any atom is -0.379 e. The van der Waals surface area contributed by atoms with Crippen LogP contribution in [0.2, 0.25) is 0 Å². The van der Waals surface area contributed by atoms with Crippen LogP contribution in [-0.4, -0.2) is 52.0 Å². The van der Waals surface area contributed by atoms with Crippen LogP contribution in [0.1, 0.15) is 17.2 Å². The molecular formula is C19H20FN3O3S. The van der Waals surface area contributed by atoms with Crippen LogP contribution in [-0.2, 0) is 14.8 Å². The van der Waals surface area contributed by atoms with Crippen molar-refractivity contribution in [3.63, 3.8) is 0 Å². The van der Waals surface area contributed by atoms with Crippen LogP contribution in [0.5, 0.6) is 0 Å². The zero-order valence-corrected chi connectivity index (χ0v) is 15.5. The van der Waals surface area contributed by atoms with E-state index in [1.165, 1.54) is 12.1 Å². The van der Waals surface area contributed by atoms with E-state index in [2.05, 4.69) is 14.6 Å². The van der Waals surface area contributed by atoms with Crippen LogP contribution < -0.4 is 4.72 Å². The number of ether oxygens (including phenoxy) is 1. The fraction of sp³-hybridized carbons (Fsp3) is 0.316. The number of rotatable bonds is 4. The second-order valence-electron chi connectivity index (χ2n) is 6.51. The number of sulfonamides is 1. The number of morpholine rings is 1. The Balaban J connectivity index is 1.64. The summed E-state index contributed by atoms with van der Waals surface area (Å²) in [6.07, 6.45) is 0. The van der Waals surface area contributed by atoms with Gasteiger partial charge in [0.2, 0.25) is 0 Å². The number of hydrogen-bond donors (Lipinski definition) is 1. The molecule has 4 rings (SSSR count). The van der Waals surface area contributed by atoms with Crippen LogP contribution in [0.25, 0.3) is 0 Å². The standard InChI is InChI=1S/C19H20FN3O3S/c20-15-7-5-14(6-8-15)17(23-9-11-26-12-10-23)13-21-19-16-3-1-2-4-18(16)27(24,25)22-19/h1-8,17H,9-13H2,(H,21,22)/t17-/m1/s1. The largest absolute Gasteiger partial charge is 0.379 e. The lowest BCUT2D eigenvalue weighted by Crippen LogP contribution is -2.40. The fourth-order valence-corrected chi connectivity index (χ4v) is 4.69. The van der Waals surface area contributed by atoms with Gasteiger partial charge in [-0.25, -0.2) is 12.8 Å². The Kier molecular flexibility index (Phi) is 4.94. The van der Waals surface area contributed by atoms with Crippen molar-refractivity contribution in [2.75, 3.05) is 32.8 Å². The van der Waals surface area contributed by atoms with Crippen molar-refractivity contribution in [2.24, 2.45) is 4.99 Å². The van der Waals surface area contributed by atoms with Crippen molar-refractivity contribution < 1.29 is 17.5 Å². The van der Waals surface area contributed by atoms with Crippen LogP contribution in [0.15, 0.2) is 58.4 Å². The number of halogens is 1. The quantitative estimate of drug-likeness (QED) is 0.868. The number of aliphatic imine (C=N–C) groups is 1. The van der Waals surface area contributed by atoms with Gasteiger partial charge < -0.3 is 4.74 Å². The first-order chi connectivity index (χ1) is 13.0. The summed E-state index contributed by atoms with van der Waals surface area (Å²) in [5.41, 5.74) is 1.52. The van der Waals surface area contributed by atoms with Gasteiger partial charge in [-0.05, 0) is 29.8 Å². The molecule has 0 aliphatic carbocycles. The van der Waals surface area contributed by atoms with Gasteiger partial charge in [-0.1, -0.05) is 24.3 Å². The molecule has 2 aromatic carbocycles. The van der Waals surface area contributed by atoms with Crippen molar-refractivity contribution in [3.8, 4) is 0 Å². The van der Waals surface area contributed by atoms with Gasteiger partial charge in [-0.2, -0.15) is 0 Å². The van der Waals surface area contributed by atoms with Crippen molar-refractivity contribution in [1.29, 1.82) is 0 Å². The Morgan fingerprint density at radius 2 is 1.81 bits per heavy atom. The molecule has 0 bridgehead atoms. The lowest BCUT2D eigenvalue weighted by Gasteiger charge is -2.34. The van der Waals surface area contributed by atoms with E-state index in [0.717, 1.165) is 18.7 Å². The first kappa shape index (κ1) is 18.1. The molecule has 27 heavy (non-hydrogen) atoms. The van der Waals surface area contributed by atoms with E-state index >= 15 is 0 Å². The molecule has 6 nitrogen and oxygen atoms in total. The Labute approximate surface area is 157 Å². The topological polar surface area (TPSA) is 71.0 Å². The molecule has 2 aliphatic rings. The predicted molar refractivity (Wildman–Crippen MR) is 99.7 cm³/mol. The lowest BCUT2D eigenvalue weighted by atomic mass is 10.0. The zero-order chi connectivity index (χ0) is 18.9. The monoisotopic (exact) mass is 389 g/mol. The molecule has 2 aromatic rings. The highest BCUT2D eigenvalue weighted by Crippen LogP contribution is 2.25. The Bertz CT molecular complexity index is 954. The molecule has 0 saturated carbocycles. The minimum atomic E-state index is -3.56. The minimum absolute atomic E-state index is 0.0840. The molecule has 2 heterocycles. The maximum absolute atomic E-state index is 13.3. The van der Waals surface area contributed by atoms with Crippen LogP contribution in [0.3, 0.4) is 0 Å². The highest BCUT2D eigenvalue weighted by atomic mass is 32.2. The fourth-order valence-electron chi connectivity index (χ4n) is 3.43. The van der Waals surface area contributed by atoms with E-state index in [-0.39, 0.29) is 16.8 Å². The summed E-state index contributed by atoms with van der Waals surface area (Å²) in [5.74, 6) is 0.0641. The molecule has 0 radical (unpaired) electrons. The van der Waals surface area contributed by atoms with E-state index in [4.69, 9.17) is 4.74 Å². The van der Waals surface area contributed by atoms with Crippen LogP contribution in [0, 0.1) is 5.82 Å². The second-order valence-corrected chi connectivity index (χ2v) is 8.16. The maximum atomic E-state index is 13.3. The van der Waals surface area contributed by atoms with E-state index in [1.54, 1.807) is 36.4 Å². The summed E-state index contributed by atoms with van der Waals surface area (Å²) in [4.78, 5) is 7.06. The summed E-state index contributed by atoms with van der Waals surface area (Å²) in [6, 6.07) is 13.1. The van der Waals surface area contributed by atoms with Gasteiger partial charge >= 0.3 is 0 Å². The molecule has 2 aliphatic heterocycles. The highest BCUT2D eigenvalue weighted by Gasteiger charge is 2.31. The molecule has 1 N–H and O–H groups in total. The molecular weight excluding hydrogens is 369 g/mol. The van der Waals surface area contributed by atoms with Crippen LogP contribution >= 0.6 is 0 Å². The van der Waals surface area contributed by atoms with E-state index < -0.39 is 10.0 Å². The van der Waals surface area contributed by atoms with E-state index in [1.807, 2.05) is 0 Å². The normalized spacial score (nSPS) is 21.6. The van der Waals surface area contributed by atoms with E-state index in [9.17, 15) is 12.8 Å². The predicted octanol–water partition coefficient (Wildman–Crippen LogP) is 1.94. The number of benzene rings is 2. The summed E-state index contributed by atoms with van der Waals surface area (Å²) in [7, 11) is -3.56. The van der Waals surface area contributed by atoms with Gasteiger partial charge in [0.25, 0.3) is 10.0 Å². The Morgan fingerprint density at radius 1 is 1.11 bits per heavy atom. The third-order valence-corrected chi connectivity index (χ3v) is 6.22. The molecule has 1 atom stereocenters. The number of nitrogens with zero attached hydrogens (tertiary/aromatic N) is 2. The SMILES string of the molecule is O=S1(=O)NC(=NC[C@H](c2ccc(F)cc2)N2CCOCC2)c2ccccc21. The van der Waals surface area contributed by atoms with Crippen molar-refractivity contribution in [3.05, 3.63) is 65.5 Å². The molecule has 0 spiro atoms. The maximum Gasteiger partial charge on any atom is 0.263 e. The van der Waals surface area contributed by atoms with Gasteiger partial charge in [0.15, 0.2) is 0 Å². The third kappa shape index (κ3) is 3.73. The first-order valence-corrected chi connectivity index (χ1v) is 10.3. The molecule has 8 heteroatoms.